The van der Waals surface area contributed by atoms with Crippen LogP contribution < -0.4 is 5.32 Å². The van der Waals surface area contributed by atoms with Crippen molar-refractivity contribution in [1.82, 2.24) is 5.32 Å². The van der Waals surface area contributed by atoms with E-state index in [0.717, 1.165) is 77.0 Å². The summed E-state index contributed by atoms with van der Waals surface area (Å²) in [6.45, 7) is 6.42. The molecule has 0 aromatic heterocycles. The number of aliphatic hydroxyl groups excluding tert-OH is 2. The first kappa shape index (κ1) is 57.3. The van der Waals surface area contributed by atoms with Crippen molar-refractivity contribution in [2.24, 2.45) is 0 Å². The Labute approximate surface area is 367 Å². The van der Waals surface area contributed by atoms with E-state index in [1.165, 1.54) is 154 Å². The SMILES string of the molecule is CCC/C=C\CCCCCC(CC(=O)NC(CO)C(O)CCCCCCCCCCCCCCCC)OC(=O)CCCCCCC/C=C/CCCCCCCCCCC. The van der Waals surface area contributed by atoms with E-state index >= 15 is 0 Å². The average molecular weight is 832 g/mol. The van der Waals surface area contributed by atoms with Crippen molar-refractivity contribution < 1.29 is 24.5 Å². The molecule has 3 unspecified atom stereocenters. The zero-order valence-corrected chi connectivity index (χ0v) is 39.7. The summed E-state index contributed by atoms with van der Waals surface area (Å²) in [5, 5.41) is 23.7. The van der Waals surface area contributed by atoms with Crippen molar-refractivity contribution in [3.8, 4) is 0 Å². The quantitative estimate of drug-likeness (QED) is 0.0322. The van der Waals surface area contributed by atoms with E-state index in [-0.39, 0.29) is 24.9 Å². The van der Waals surface area contributed by atoms with Crippen LogP contribution in [0.1, 0.15) is 278 Å². The fourth-order valence-corrected chi connectivity index (χ4v) is 8.02. The molecule has 348 valence electrons. The lowest BCUT2D eigenvalue weighted by atomic mass is 10.0. The van der Waals surface area contributed by atoms with E-state index in [1.807, 2.05) is 0 Å². The van der Waals surface area contributed by atoms with Gasteiger partial charge < -0.3 is 20.3 Å². The number of esters is 1. The summed E-state index contributed by atoms with van der Waals surface area (Å²) >= 11 is 0. The second kappa shape index (κ2) is 47.4. The molecule has 6 heteroatoms. The first-order chi connectivity index (χ1) is 29.0. The third-order valence-corrected chi connectivity index (χ3v) is 12.0. The average Bonchev–Trinajstić information content (AvgIpc) is 3.23. The molecule has 0 rings (SSSR count). The van der Waals surface area contributed by atoms with Crippen LogP contribution in [-0.4, -0.2) is 46.9 Å². The lowest BCUT2D eigenvalue weighted by Gasteiger charge is -2.24. The van der Waals surface area contributed by atoms with Crippen LogP contribution in [0.25, 0.3) is 0 Å². The van der Waals surface area contributed by atoms with Gasteiger partial charge in [-0.1, -0.05) is 218 Å². The van der Waals surface area contributed by atoms with E-state index in [4.69, 9.17) is 4.74 Å². The molecule has 0 aliphatic heterocycles. The molecule has 0 fully saturated rings. The van der Waals surface area contributed by atoms with Gasteiger partial charge in [0, 0.05) is 6.42 Å². The number of amides is 1. The number of carbonyl (C=O) groups is 2. The maximum Gasteiger partial charge on any atom is 0.306 e. The van der Waals surface area contributed by atoms with Crippen LogP contribution in [0.3, 0.4) is 0 Å². The van der Waals surface area contributed by atoms with Gasteiger partial charge in [0.15, 0.2) is 0 Å². The summed E-state index contributed by atoms with van der Waals surface area (Å²) in [7, 11) is 0. The topological polar surface area (TPSA) is 95.9 Å². The van der Waals surface area contributed by atoms with Gasteiger partial charge in [-0.3, -0.25) is 9.59 Å². The van der Waals surface area contributed by atoms with Gasteiger partial charge in [0.25, 0.3) is 0 Å². The highest BCUT2D eigenvalue weighted by Crippen LogP contribution is 2.18. The molecule has 59 heavy (non-hydrogen) atoms. The van der Waals surface area contributed by atoms with Gasteiger partial charge in [-0.2, -0.15) is 0 Å². The third kappa shape index (κ3) is 42.8. The molecular formula is C53H101NO5. The van der Waals surface area contributed by atoms with Gasteiger partial charge in [-0.25, -0.2) is 0 Å². The number of rotatable bonds is 47. The largest absolute Gasteiger partial charge is 0.462 e. The van der Waals surface area contributed by atoms with Gasteiger partial charge >= 0.3 is 5.97 Å². The van der Waals surface area contributed by atoms with Gasteiger partial charge in [0.2, 0.25) is 5.91 Å². The predicted molar refractivity (Wildman–Crippen MR) is 255 cm³/mol. The monoisotopic (exact) mass is 832 g/mol. The van der Waals surface area contributed by atoms with Gasteiger partial charge in [0.1, 0.15) is 6.10 Å². The molecule has 0 aromatic carbocycles. The maximum atomic E-state index is 13.1. The highest BCUT2D eigenvalue weighted by molar-refractivity contribution is 5.77. The number of aliphatic hydroxyl groups is 2. The molecule has 0 aliphatic carbocycles. The standard InChI is InChI=1S/C53H101NO5/c1-4-7-10-13-16-19-21-23-25-26-27-28-30-32-34-37-40-43-46-53(58)59-49(44-41-38-35-18-15-12-9-6-3)47-52(57)54-50(48-55)51(56)45-42-39-36-33-31-29-24-22-20-17-14-11-8-5-2/h12,15,27-28,49-51,55-56H,4-11,13-14,16-26,29-48H2,1-3H3,(H,54,57)/b15-12-,28-27+. The Morgan fingerprint density at radius 2 is 0.847 bits per heavy atom. The Morgan fingerprint density at radius 3 is 1.29 bits per heavy atom. The number of allylic oxidation sites excluding steroid dienone is 4. The van der Waals surface area contributed by atoms with E-state index in [0.29, 0.717) is 19.3 Å². The van der Waals surface area contributed by atoms with E-state index in [9.17, 15) is 19.8 Å². The molecule has 0 heterocycles. The minimum atomic E-state index is -0.788. The Morgan fingerprint density at radius 1 is 0.475 bits per heavy atom. The van der Waals surface area contributed by atoms with Crippen LogP contribution in [0.15, 0.2) is 24.3 Å². The second-order valence-electron chi connectivity index (χ2n) is 17.9. The summed E-state index contributed by atoms with van der Waals surface area (Å²) < 4.78 is 5.90. The summed E-state index contributed by atoms with van der Waals surface area (Å²) in [6.07, 6.45) is 54.0. The molecule has 0 aromatic rings. The fourth-order valence-electron chi connectivity index (χ4n) is 8.02. The molecule has 0 saturated heterocycles. The van der Waals surface area contributed by atoms with Crippen molar-refractivity contribution in [2.75, 3.05) is 6.61 Å². The molecule has 6 nitrogen and oxygen atoms in total. The summed E-state index contributed by atoms with van der Waals surface area (Å²) in [5.41, 5.74) is 0. The normalized spacial score (nSPS) is 13.4. The van der Waals surface area contributed by atoms with E-state index in [1.54, 1.807) is 0 Å². The van der Waals surface area contributed by atoms with Crippen molar-refractivity contribution in [3.05, 3.63) is 24.3 Å². The van der Waals surface area contributed by atoms with Crippen LogP contribution in [-0.2, 0) is 14.3 Å². The number of unbranched alkanes of at least 4 members (excludes halogenated alkanes) is 31. The van der Waals surface area contributed by atoms with Crippen LogP contribution in [0.5, 0.6) is 0 Å². The molecule has 0 aliphatic rings. The van der Waals surface area contributed by atoms with Crippen molar-refractivity contribution in [3.63, 3.8) is 0 Å². The highest BCUT2D eigenvalue weighted by atomic mass is 16.5. The Hall–Kier alpha value is -1.66. The Kier molecular flexibility index (Phi) is 46.1. The smallest absolute Gasteiger partial charge is 0.306 e. The zero-order chi connectivity index (χ0) is 43.1. The molecule has 0 spiro atoms. The minimum Gasteiger partial charge on any atom is -0.462 e. The van der Waals surface area contributed by atoms with Crippen LogP contribution in [0, 0.1) is 0 Å². The lowest BCUT2D eigenvalue weighted by molar-refractivity contribution is -0.151. The van der Waals surface area contributed by atoms with Crippen LogP contribution in [0.2, 0.25) is 0 Å². The minimum absolute atomic E-state index is 0.0663. The van der Waals surface area contributed by atoms with Crippen LogP contribution in [0.4, 0.5) is 0 Å². The molecule has 3 N–H and O–H groups in total. The van der Waals surface area contributed by atoms with Gasteiger partial charge in [-0.15, -0.1) is 0 Å². The summed E-state index contributed by atoms with van der Waals surface area (Å²) in [5.74, 6) is -0.493. The molecular weight excluding hydrogens is 731 g/mol. The second-order valence-corrected chi connectivity index (χ2v) is 17.9. The van der Waals surface area contributed by atoms with E-state index < -0.39 is 18.2 Å². The first-order valence-corrected chi connectivity index (χ1v) is 26.1. The third-order valence-electron chi connectivity index (χ3n) is 12.0. The maximum absolute atomic E-state index is 13.1. The van der Waals surface area contributed by atoms with Crippen molar-refractivity contribution in [2.45, 2.75) is 296 Å². The summed E-state index contributed by atoms with van der Waals surface area (Å²) in [4.78, 5) is 26.0. The number of hydrogen-bond acceptors (Lipinski definition) is 5. The Balaban J connectivity index is 4.38. The molecule has 0 radical (unpaired) electrons. The highest BCUT2D eigenvalue weighted by Gasteiger charge is 2.24. The van der Waals surface area contributed by atoms with Crippen LogP contribution >= 0.6 is 0 Å². The number of nitrogens with one attached hydrogen (secondary N) is 1. The van der Waals surface area contributed by atoms with Gasteiger partial charge in [0.05, 0.1) is 25.2 Å². The first-order valence-electron chi connectivity index (χ1n) is 26.1. The zero-order valence-electron chi connectivity index (χ0n) is 39.7. The predicted octanol–water partition coefficient (Wildman–Crippen LogP) is 15.5. The fraction of sp³-hybridized carbons (Fsp3) is 0.887. The number of carbonyl (C=O) groups excluding carboxylic acids is 2. The molecule has 1 amide bonds. The van der Waals surface area contributed by atoms with E-state index in [2.05, 4.69) is 50.4 Å². The van der Waals surface area contributed by atoms with Gasteiger partial charge in [-0.05, 0) is 70.6 Å². The van der Waals surface area contributed by atoms with Crippen molar-refractivity contribution in [1.29, 1.82) is 0 Å². The lowest BCUT2D eigenvalue weighted by Crippen LogP contribution is -2.46. The molecule has 3 atom stereocenters. The summed E-state index contributed by atoms with van der Waals surface area (Å²) in [6, 6.07) is -0.703. The molecule has 0 bridgehead atoms. The number of ether oxygens (including phenoxy) is 1. The molecule has 0 saturated carbocycles. The Bertz CT molecular complexity index is 935. The number of hydrogen-bond donors (Lipinski definition) is 3. The van der Waals surface area contributed by atoms with Crippen molar-refractivity contribution >= 4 is 11.9 Å².